The average Bonchev–Trinajstić information content (AvgIpc) is 3.22. The lowest BCUT2D eigenvalue weighted by Gasteiger charge is -2.14. The Morgan fingerprint density at radius 1 is 1.03 bits per heavy atom. The van der Waals surface area contributed by atoms with E-state index in [-0.39, 0.29) is 23.4 Å². The molecule has 2 aromatic carbocycles. The summed E-state index contributed by atoms with van der Waals surface area (Å²) in [5.74, 6) is -0.110. The summed E-state index contributed by atoms with van der Waals surface area (Å²) in [4.78, 5) is 30.5. The first-order valence-corrected chi connectivity index (χ1v) is 9.12. The summed E-state index contributed by atoms with van der Waals surface area (Å²) in [5.41, 5.74) is 0.134. The summed E-state index contributed by atoms with van der Waals surface area (Å²) >= 11 is 0. The Morgan fingerprint density at radius 3 is 2.67 bits per heavy atom. The van der Waals surface area contributed by atoms with Crippen LogP contribution >= 0.6 is 0 Å². The fourth-order valence-electron chi connectivity index (χ4n) is 3.39. The fraction of sp³-hybridized carbons (Fsp3) is 0.0455. The van der Waals surface area contributed by atoms with Crippen LogP contribution in [0, 0.1) is 0 Å². The smallest absolute Gasteiger partial charge is 0.273 e. The number of para-hydroxylation sites is 1. The molecule has 2 N–H and O–H groups in total. The highest BCUT2D eigenvalue weighted by molar-refractivity contribution is 6.09. The van der Waals surface area contributed by atoms with Gasteiger partial charge in [-0.15, -0.1) is 0 Å². The summed E-state index contributed by atoms with van der Waals surface area (Å²) in [6.45, 7) is 0.104. The van der Waals surface area contributed by atoms with E-state index in [2.05, 4.69) is 10.3 Å². The number of hydrogen-bond acceptors (Lipinski definition) is 6. The first-order chi connectivity index (χ1) is 14.6. The molecule has 0 radical (unpaired) electrons. The van der Waals surface area contributed by atoms with E-state index in [1.165, 1.54) is 10.8 Å². The van der Waals surface area contributed by atoms with Crippen LogP contribution < -0.4 is 20.3 Å². The standard InChI is InChI=1S/C22H15N3O5/c26-19-15-7-4-10-23-20(15)25(14-5-2-1-3-6-14)22(28)18(19)21(27)24-13-8-9-16-17(11-13)30-12-29-16/h1-11,26H,12H2,(H,24,27). The highest BCUT2D eigenvalue weighted by Gasteiger charge is 2.24. The summed E-state index contributed by atoms with van der Waals surface area (Å²) in [6.07, 6.45) is 1.52. The van der Waals surface area contributed by atoms with Crippen molar-refractivity contribution in [2.45, 2.75) is 0 Å². The zero-order chi connectivity index (χ0) is 20.7. The average molecular weight is 401 g/mol. The number of pyridine rings is 2. The molecule has 0 fully saturated rings. The lowest BCUT2D eigenvalue weighted by molar-refractivity contribution is 0.102. The molecule has 0 spiro atoms. The molecule has 3 heterocycles. The number of anilines is 1. The molecule has 30 heavy (non-hydrogen) atoms. The zero-order valence-corrected chi connectivity index (χ0v) is 15.5. The van der Waals surface area contributed by atoms with E-state index in [0.717, 1.165) is 0 Å². The number of ether oxygens (including phenoxy) is 2. The number of aromatic hydroxyl groups is 1. The molecule has 0 aliphatic carbocycles. The van der Waals surface area contributed by atoms with Crippen LogP contribution in [0.15, 0.2) is 71.7 Å². The zero-order valence-electron chi connectivity index (χ0n) is 15.5. The summed E-state index contributed by atoms with van der Waals surface area (Å²) < 4.78 is 11.9. The predicted molar refractivity (Wildman–Crippen MR) is 110 cm³/mol. The number of nitrogens with zero attached hydrogens (tertiary/aromatic N) is 2. The SMILES string of the molecule is O=C(Nc1ccc2c(c1)OCO2)c1c(O)c2cccnc2n(-c2ccccc2)c1=O. The highest BCUT2D eigenvalue weighted by atomic mass is 16.7. The van der Waals surface area contributed by atoms with Crippen molar-refractivity contribution in [2.75, 3.05) is 12.1 Å². The van der Waals surface area contributed by atoms with Gasteiger partial charge in [-0.1, -0.05) is 18.2 Å². The van der Waals surface area contributed by atoms with Gasteiger partial charge >= 0.3 is 0 Å². The van der Waals surface area contributed by atoms with Crippen molar-refractivity contribution in [3.8, 4) is 22.9 Å². The number of carbonyl (C=O) groups is 1. The number of aromatic nitrogens is 2. The summed E-state index contributed by atoms with van der Waals surface area (Å²) in [5, 5.41) is 13.7. The van der Waals surface area contributed by atoms with Gasteiger partial charge in [0.15, 0.2) is 17.1 Å². The maximum absolute atomic E-state index is 13.3. The molecule has 0 saturated heterocycles. The van der Waals surface area contributed by atoms with Crippen LogP contribution in [0.4, 0.5) is 5.69 Å². The maximum atomic E-state index is 13.3. The Morgan fingerprint density at radius 2 is 1.83 bits per heavy atom. The topological polar surface area (TPSA) is 103 Å². The number of nitrogens with one attached hydrogen (secondary N) is 1. The van der Waals surface area contributed by atoms with Crippen molar-refractivity contribution in [3.63, 3.8) is 0 Å². The van der Waals surface area contributed by atoms with Crippen molar-refractivity contribution in [1.82, 2.24) is 9.55 Å². The number of benzene rings is 2. The van der Waals surface area contributed by atoms with E-state index in [4.69, 9.17) is 9.47 Å². The van der Waals surface area contributed by atoms with Crippen LogP contribution in [0.3, 0.4) is 0 Å². The molecule has 1 aliphatic rings. The minimum atomic E-state index is -0.744. The first kappa shape index (κ1) is 17.7. The number of amides is 1. The molecule has 0 saturated carbocycles. The first-order valence-electron chi connectivity index (χ1n) is 9.12. The molecule has 4 aromatic rings. The van der Waals surface area contributed by atoms with E-state index < -0.39 is 17.2 Å². The number of fused-ring (bicyclic) bond motifs is 2. The van der Waals surface area contributed by atoms with Gasteiger partial charge in [-0.3, -0.25) is 14.2 Å². The second-order valence-electron chi connectivity index (χ2n) is 6.60. The van der Waals surface area contributed by atoms with Gasteiger partial charge in [0.05, 0.1) is 11.1 Å². The van der Waals surface area contributed by atoms with Gasteiger partial charge in [-0.2, -0.15) is 0 Å². The van der Waals surface area contributed by atoms with Gasteiger partial charge in [0.1, 0.15) is 11.3 Å². The molecule has 8 nitrogen and oxygen atoms in total. The van der Waals surface area contributed by atoms with Gasteiger partial charge in [0.2, 0.25) is 6.79 Å². The Bertz CT molecular complexity index is 1350. The van der Waals surface area contributed by atoms with Crippen LogP contribution in [0.5, 0.6) is 17.2 Å². The maximum Gasteiger partial charge on any atom is 0.273 e. The lowest BCUT2D eigenvalue weighted by atomic mass is 10.1. The molecule has 8 heteroatoms. The Hall–Kier alpha value is -4.33. The predicted octanol–water partition coefficient (Wildman–Crippen LogP) is 3.07. The molecule has 0 bridgehead atoms. The number of rotatable bonds is 3. The van der Waals surface area contributed by atoms with E-state index in [0.29, 0.717) is 22.9 Å². The molecule has 148 valence electrons. The monoisotopic (exact) mass is 401 g/mol. The van der Waals surface area contributed by atoms with Crippen molar-refractivity contribution in [3.05, 3.63) is 82.8 Å². The Kier molecular flexibility index (Phi) is 4.10. The Balaban J connectivity index is 1.65. The van der Waals surface area contributed by atoms with E-state index in [1.807, 2.05) is 6.07 Å². The number of hydrogen-bond donors (Lipinski definition) is 2. The van der Waals surface area contributed by atoms with Gasteiger partial charge in [-0.05, 0) is 36.4 Å². The largest absolute Gasteiger partial charge is 0.506 e. The molecular formula is C22H15N3O5. The van der Waals surface area contributed by atoms with Crippen molar-refractivity contribution in [2.24, 2.45) is 0 Å². The van der Waals surface area contributed by atoms with E-state index >= 15 is 0 Å². The minimum absolute atomic E-state index is 0.104. The second kappa shape index (κ2) is 6.93. The van der Waals surface area contributed by atoms with E-state index in [9.17, 15) is 14.7 Å². The normalized spacial score (nSPS) is 12.1. The highest BCUT2D eigenvalue weighted by Crippen LogP contribution is 2.34. The van der Waals surface area contributed by atoms with Gasteiger partial charge < -0.3 is 19.9 Å². The van der Waals surface area contributed by atoms with Gasteiger partial charge in [0, 0.05) is 18.0 Å². The van der Waals surface area contributed by atoms with Crippen LogP contribution in [0.25, 0.3) is 16.7 Å². The van der Waals surface area contributed by atoms with Gasteiger partial charge in [0.25, 0.3) is 11.5 Å². The molecule has 5 rings (SSSR count). The van der Waals surface area contributed by atoms with Crippen molar-refractivity contribution < 1.29 is 19.4 Å². The molecule has 0 unspecified atom stereocenters. The second-order valence-corrected chi connectivity index (χ2v) is 6.60. The quantitative estimate of drug-likeness (QED) is 0.547. The van der Waals surface area contributed by atoms with Gasteiger partial charge in [-0.25, -0.2) is 4.98 Å². The van der Waals surface area contributed by atoms with Crippen LogP contribution in [0.1, 0.15) is 10.4 Å². The fourth-order valence-corrected chi connectivity index (χ4v) is 3.39. The minimum Gasteiger partial charge on any atom is -0.506 e. The van der Waals surface area contributed by atoms with Crippen LogP contribution in [-0.2, 0) is 0 Å². The lowest BCUT2D eigenvalue weighted by Crippen LogP contribution is -2.29. The van der Waals surface area contributed by atoms with E-state index in [1.54, 1.807) is 54.6 Å². The Labute approximate surface area is 169 Å². The summed E-state index contributed by atoms with van der Waals surface area (Å²) in [7, 11) is 0. The third kappa shape index (κ3) is 2.82. The molecule has 1 aliphatic heterocycles. The van der Waals surface area contributed by atoms with Crippen molar-refractivity contribution in [1.29, 1.82) is 0 Å². The molecule has 2 aromatic heterocycles. The van der Waals surface area contributed by atoms with Crippen LogP contribution in [0.2, 0.25) is 0 Å². The van der Waals surface area contributed by atoms with Crippen molar-refractivity contribution >= 4 is 22.6 Å². The third-order valence-electron chi connectivity index (χ3n) is 4.78. The summed E-state index contributed by atoms with van der Waals surface area (Å²) in [6, 6.07) is 16.9. The number of carbonyl (C=O) groups excluding carboxylic acids is 1. The molecule has 1 amide bonds. The third-order valence-corrected chi connectivity index (χ3v) is 4.78. The van der Waals surface area contributed by atoms with Crippen LogP contribution in [-0.4, -0.2) is 27.4 Å². The molecular weight excluding hydrogens is 386 g/mol. The molecule has 0 atom stereocenters.